The summed E-state index contributed by atoms with van der Waals surface area (Å²) in [4.78, 5) is 14.5. The zero-order chi connectivity index (χ0) is 17.5. The van der Waals surface area contributed by atoms with Crippen molar-refractivity contribution in [2.45, 2.75) is 32.4 Å². The number of likely N-dealkylation sites (tertiary alicyclic amines) is 1. The molecular formula is C20H24ClN3O. The van der Waals surface area contributed by atoms with Crippen molar-refractivity contribution in [1.82, 2.24) is 10.2 Å². The Kier molecular flexibility index (Phi) is 6.31. The van der Waals surface area contributed by atoms with Gasteiger partial charge in [-0.25, -0.2) is 4.79 Å². The Morgan fingerprint density at radius 1 is 1.00 bits per heavy atom. The van der Waals surface area contributed by atoms with Crippen molar-refractivity contribution in [1.29, 1.82) is 0 Å². The lowest BCUT2D eigenvalue weighted by Crippen LogP contribution is -2.29. The summed E-state index contributed by atoms with van der Waals surface area (Å²) >= 11 is 5.91. The molecular weight excluding hydrogens is 334 g/mol. The molecule has 1 heterocycles. The van der Waals surface area contributed by atoms with E-state index in [0.29, 0.717) is 17.3 Å². The number of hydrogen-bond acceptors (Lipinski definition) is 2. The van der Waals surface area contributed by atoms with Gasteiger partial charge in [0, 0.05) is 23.8 Å². The number of benzene rings is 2. The average Bonchev–Trinajstić information content (AvgIpc) is 2.62. The number of carbonyl (C=O) groups excluding carboxylic acids is 1. The fourth-order valence-electron chi connectivity index (χ4n) is 3.06. The number of urea groups is 1. The van der Waals surface area contributed by atoms with Gasteiger partial charge < -0.3 is 10.6 Å². The first kappa shape index (κ1) is 17.8. The molecule has 1 aliphatic rings. The lowest BCUT2D eigenvalue weighted by atomic mass is 10.1. The van der Waals surface area contributed by atoms with Crippen LogP contribution in [0.15, 0.2) is 48.5 Å². The minimum Gasteiger partial charge on any atom is -0.334 e. The number of amides is 2. The minimum absolute atomic E-state index is 0.236. The topological polar surface area (TPSA) is 44.4 Å². The summed E-state index contributed by atoms with van der Waals surface area (Å²) in [6.45, 7) is 3.92. The number of hydrogen-bond donors (Lipinski definition) is 2. The maximum Gasteiger partial charge on any atom is 0.319 e. The summed E-state index contributed by atoms with van der Waals surface area (Å²) < 4.78 is 0. The van der Waals surface area contributed by atoms with Crippen LogP contribution in [0.25, 0.3) is 0 Å². The van der Waals surface area contributed by atoms with Crippen LogP contribution in [0.1, 0.15) is 30.4 Å². The second-order valence-corrected chi connectivity index (χ2v) is 6.91. The fourth-order valence-corrected chi connectivity index (χ4v) is 3.25. The van der Waals surface area contributed by atoms with E-state index in [-0.39, 0.29) is 6.03 Å². The molecule has 2 amide bonds. The van der Waals surface area contributed by atoms with Crippen LogP contribution >= 0.6 is 11.6 Å². The standard InChI is InChI=1S/C20H24ClN3O/c21-18-5-4-6-19(13-18)23-20(25)22-14-16-7-9-17(10-8-16)15-24-11-2-1-3-12-24/h4-10,13H,1-3,11-12,14-15H2,(H2,22,23,25). The molecule has 3 rings (SSSR count). The molecule has 0 atom stereocenters. The van der Waals surface area contributed by atoms with Crippen LogP contribution in [0.3, 0.4) is 0 Å². The average molecular weight is 358 g/mol. The lowest BCUT2D eigenvalue weighted by molar-refractivity contribution is 0.221. The van der Waals surface area contributed by atoms with Crippen molar-refractivity contribution >= 4 is 23.3 Å². The van der Waals surface area contributed by atoms with Gasteiger partial charge in [-0.05, 0) is 55.3 Å². The van der Waals surface area contributed by atoms with E-state index in [9.17, 15) is 4.79 Å². The van der Waals surface area contributed by atoms with E-state index in [1.54, 1.807) is 24.3 Å². The van der Waals surface area contributed by atoms with Crippen LogP contribution in [-0.2, 0) is 13.1 Å². The first-order valence-corrected chi connectivity index (χ1v) is 9.17. The molecule has 0 bridgehead atoms. The normalized spacial score (nSPS) is 14.9. The molecule has 0 aromatic heterocycles. The third-order valence-electron chi connectivity index (χ3n) is 4.41. The number of carbonyl (C=O) groups is 1. The predicted molar refractivity (Wildman–Crippen MR) is 103 cm³/mol. The van der Waals surface area contributed by atoms with Gasteiger partial charge in [-0.2, -0.15) is 0 Å². The highest BCUT2D eigenvalue weighted by molar-refractivity contribution is 6.30. The summed E-state index contributed by atoms with van der Waals surface area (Å²) in [5.41, 5.74) is 3.10. The number of rotatable bonds is 5. The summed E-state index contributed by atoms with van der Waals surface area (Å²) in [7, 11) is 0. The molecule has 2 aromatic rings. The van der Waals surface area contributed by atoms with E-state index in [0.717, 1.165) is 12.1 Å². The Hall–Kier alpha value is -2.04. The Bertz CT molecular complexity index is 696. The molecule has 0 radical (unpaired) electrons. The molecule has 1 aliphatic heterocycles. The number of halogens is 1. The molecule has 132 valence electrons. The SMILES string of the molecule is O=C(NCc1ccc(CN2CCCCC2)cc1)Nc1cccc(Cl)c1. The number of piperidine rings is 1. The molecule has 2 aromatic carbocycles. The smallest absolute Gasteiger partial charge is 0.319 e. The van der Waals surface area contributed by atoms with Crippen LogP contribution in [0.4, 0.5) is 10.5 Å². The zero-order valence-electron chi connectivity index (χ0n) is 14.3. The maximum atomic E-state index is 12.0. The highest BCUT2D eigenvalue weighted by atomic mass is 35.5. The van der Waals surface area contributed by atoms with Gasteiger partial charge in [-0.1, -0.05) is 48.4 Å². The van der Waals surface area contributed by atoms with Crippen molar-refractivity contribution < 1.29 is 4.79 Å². The van der Waals surface area contributed by atoms with Crippen molar-refractivity contribution in [3.05, 3.63) is 64.7 Å². The molecule has 0 aliphatic carbocycles. The first-order valence-electron chi connectivity index (χ1n) is 8.80. The van der Waals surface area contributed by atoms with Gasteiger partial charge in [0.1, 0.15) is 0 Å². The van der Waals surface area contributed by atoms with E-state index in [1.165, 1.54) is 37.9 Å². The Morgan fingerprint density at radius 2 is 1.72 bits per heavy atom. The highest BCUT2D eigenvalue weighted by Gasteiger charge is 2.10. The van der Waals surface area contributed by atoms with Crippen LogP contribution in [0.5, 0.6) is 0 Å². The Balaban J connectivity index is 1.45. The minimum atomic E-state index is -0.236. The van der Waals surface area contributed by atoms with Crippen molar-refractivity contribution in [2.75, 3.05) is 18.4 Å². The number of nitrogens with zero attached hydrogens (tertiary/aromatic N) is 1. The van der Waals surface area contributed by atoms with Crippen LogP contribution in [0, 0.1) is 0 Å². The molecule has 25 heavy (non-hydrogen) atoms. The second kappa shape index (κ2) is 8.88. The van der Waals surface area contributed by atoms with Crippen molar-refractivity contribution in [3.8, 4) is 0 Å². The van der Waals surface area contributed by atoms with E-state index >= 15 is 0 Å². The fraction of sp³-hybridized carbons (Fsp3) is 0.350. The van der Waals surface area contributed by atoms with Crippen LogP contribution < -0.4 is 10.6 Å². The van der Waals surface area contributed by atoms with Gasteiger partial charge in [0.25, 0.3) is 0 Å². The van der Waals surface area contributed by atoms with Gasteiger partial charge in [0.05, 0.1) is 0 Å². The maximum absolute atomic E-state index is 12.0. The third kappa shape index (κ3) is 5.76. The summed E-state index contributed by atoms with van der Waals surface area (Å²) in [6.07, 6.45) is 3.98. The number of anilines is 1. The lowest BCUT2D eigenvalue weighted by Gasteiger charge is -2.26. The van der Waals surface area contributed by atoms with Crippen molar-refractivity contribution in [2.24, 2.45) is 0 Å². The summed E-state index contributed by atoms with van der Waals surface area (Å²) in [5.74, 6) is 0. The summed E-state index contributed by atoms with van der Waals surface area (Å²) in [5, 5.41) is 6.24. The molecule has 1 saturated heterocycles. The largest absolute Gasteiger partial charge is 0.334 e. The predicted octanol–water partition coefficient (Wildman–Crippen LogP) is 4.65. The van der Waals surface area contributed by atoms with Crippen molar-refractivity contribution in [3.63, 3.8) is 0 Å². The van der Waals surface area contributed by atoms with Gasteiger partial charge in [0.2, 0.25) is 0 Å². The first-order chi connectivity index (χ1) is 12.2. The van der Waals surface area contributed by atoms with Gasteiger partial charge >= 0.3 is 6.03 Å². The highest BCUT2D eigenvalue weighted by Crippen LogP contribution is 2.15. The van der Waals surface area contributed by atoms with Gasteiger partial charge in [-0.3, -0.25) is 4.90 Å². The Morgan fingerprint density at radius 3 is 2.44 bits per heavy atom. The third-order valence-corrected chi connectivity index (χ3v) is 4.65. The molecule has 0 spiro atoms. The number of nitrogens with one attached hydrogen (secondary N) is 2. The Labute approximate surface area is 154 Å². The summed E-state index contributed by atoms with van der Waals surface area (Å²) in [6, 6.07) is 15.3. The van der Waals surface area contributed by atoms with E-state index in [1.807, 2.05) is 0 Å². The monoisotopic (exact) mass is 357 g/mol. The molecule has 0 unspecified atom stereocenters. The van der Waals surface area contributed by atoms with E-state index < -0.39 is 0 Å². The van der Waals surface area contributed by atoms with E-state index in [4.69, 9.17) is 11.6 Å². The zero-order valence-corrected chi connectivity index (χ0v) is 15.1. The van der Waals surface area contributed by atoms with Crippen LogP contribution in [-0.4, -0.2) is 24.0 Å². The van der Waals surface area contributed by atoms with Crippen LogP contribution in [0.2, 0.25) is 5.02 Å². The quantitative estimate of drug-likeness (QED) is 0.818. The second-order valence-electron chi connectivity index (χ2n) is 6.47. The molecule has 1 fully saturated rings. The molecule has 2 N–H and O–H groups in total. The molecule has 4 nitrogen and oxygen atoms in total. The van der Waals surface area contributed by atoms with Gasteiger partial charge in [0.15, 0.2) is 0 Å². The molecule has 0 saturated carbocycles. The molecule has 5 heteroatoms. The van der Waals surface area contributed by atoms with Gasteiger partial charge in [-0.15, -0.1) is 0 Å². The van der Waals surface area contributed by atoms with E-state index in [2.05, 4.69) is 39.8 Å².